The third kappa shape index (κ3) is 3.69. The predicted octanol–water partition coefficient (Wildman–Crippen LogP) is 0.766. The minimum atomic E-state index is 0.112. The van der Waals surface area contributed by atoms with Crippen LogP contribution < -0.4 is 5.32 Å². The molecule has 0 bridgehead atoms. The van der Waals surface area contributed by atoms with Gasteiger partial charge in [-0.1, -0.05) is 0 Å². The standard InChI is InChI=1S/C10H17N5OS/c1-7(2)15-9(12-13-14-15)5-17-6-10(16)11-8-3-4-8/h7-8H,3-6H2,1-2H3,(H,11,16). The second-order valence-corrected chi connectivity index (χ2v) is 5.45. The van der Waals surface area contributed by atoms with E-state index in [1.807, 2.05) is 13.8 Å². The monoisotopic (exact) mass is 255 g/mol. The first kappa shape index (κ1) is 12.3. The van der Waals surface area contributed by atoms with E-state index in [1.165, 1.54) is 0 Å². The molecule has 17 heavy (non-hydrogen) atoms. The molecule has 1 saturated carbocycles. The molecular formula is C10H17N5OS. The van der Waals surface area contributed by atoms with Crippen molar-refractivity contribution in [2.75, 3.05) is 5.75 Å². The predicted molar refractivity (Wildman–Crippen MR) is 65.5 cm³/mol. The summed E-state index contributed by atoms with van der Waals surface area (Å²) in [5.74, 6) is 2.08. The van der Waals surface area contributed by atoms with E-state index in [-0.39, 0.29) is 11.9 Å². The molecule has 0 aliphatic heterocycles. The molecule has 1 heterocycles. The molecule has 0 aromatic carbocycles. The molecule has 0 atom stereocenters. The van der Waals surface area contributed by atoms with Gasteiger partial charge in [-0.05, 0) is 37.1 Å². The molecule has 1 aliphatic rings. The van der Waals surface area contributed by atoms with Gasteiger partial charge in [-0.25, -0.2) is 4.68 Å². The van der Waals surface area contributed by atoms with Crippen molar-refractivity contribution in [1.82, 2.24) is 25.5 Å². The van der Waals surface area contributed by atoms with E-state index in [9.17, 15) is 4.79 Å². The van der Waals surface area contributed by atoms with Gasteiger partial charge in [0.05, 0.1) is 17.5 Å². The first-order valence-corrected chi connectivity index (χ1v) is 6.96. The highest BCUT2D eigenvalue weighted by molar-refractivity contribution is 7.99. The first-order chi connectivity index (χ1) is 8.16. The summed E-state index contributed by atoms with van der Waals surface area (Å²) in [5.41, 5.74) is 0. The lowest BCUT2D eigenvalue weighted by Crippen LogP contribution is -2.27. The Kier molecular flexibility index (Phi) is 3.98. The molecule has 0 saturated heterocycles. The molecule has 1 aromatic heterocycles. The van der Waals surface area contributed by atoms with Crippen LogP contribution in [0.2, 0.25) is 0 Å². The van der Waals surface area contributed by atoms with E-state index in [4.69, 9.17) is 0 Å². The molecule has 1 amide bonds. The zero-order chi connectivity index (χ0) is 12.3. The molecule has 1 aliphatic carbocycles. The lowest BCUT2D eigenvalue weighted by molar-refractivity contribution is -0.118. The number of hydrogen-bond donors (Lipinski definition) is 1. The van der Waals surface area contributed by atoms with Crippen LogP contribution in [0.25, 0.3) is 0 Å². The van der Waals surface area contributed by atoms with Crippen molar-refractivity contribution < 1.29 is 4.79 Å². The molecule has 0 unspecified atom stereocenters. The number of thioether (sulfide) groups is 1. The molecule has 0 spiro atoms. The second kappa shape index (κ2) is 5.48. The fourth-order valence-electron chi connectivity index (χ4n) is 1.44. The molecule has 2 rings (SSSR count). The van der Waals surface area contributed by atoms with Gasteiger partial charge >= 0.3 is 0 Å². The Bertz CT molecular complexity index is 388. The van der Waals surface area contributed by atoms with Crippen molar-refractivity contribution in [1.29, 1.82) is 0 Å². The SMILES string of the molecule is CC(C)n1nnnc1CSCC(=O)NC1CC1. The van der Waals surface area contributed by atoms with Crippen molar-refractivity contribution in [3.8, 4) is 0 Å². The van der Waals surface area contributed by atoms with Crippen molar-refractivity contribution in [3.05, 3.63) is 5.82 Å². The topological polar surface area (TPSA) is 72.7 Å². The third-order valence-electron chi connectivity index (χ3n) is 2.46. The summed E-state index contributed by atoms with van der Waals surface area (Å²) >= 11 is 1.55. The second-order valence-electron chi connectivity index (χ2n) is 4.47. The van der Waals surface area contributed by atoms with E-state index >= 15 is 0 Å². The largest absolute Gasteiger partial charge is 0.353 e. The van der Waals surface area contributed by atoms with Gasteiger partial charge < -0.3 is 5.32 Å². The maximum Gasteiger partial charge on any atom is 0.230 e. The highest BCUT2D eigenvalue weighted by Gasteiger charge is 2.23. The van der Waals surface area contributed by atoms with Crippen molar-refractivity contribution in [3.63, 3.8) is 0 Å². The summed E-state index contributed by atoms with van der Waals surface area (Å²) in [4.78, 5) is 11.5. The first-order valence-electron chi connectivity index (χ1n) is 5.80. The zero-order valence-corrected chi connectivity index (χ0v) is 10.9. The summed E-state index contributed by atoms with van der Waals surface area (Å²) in [6.07, 6.45) is 2.25. The van der Waals surface area contributed by atoms with Crippen LogP contribution in [-0.4, -0.2) is 37.9 Å². The van der Waals surface area contributed by atoms with Crippen LogP contribution in [0.3, 0.4) is 0 Å². The number of aromatic nitrogens is 4. The third-order valence-corrected chi connectivity index (χ3v) is 3.39. The molecular weight excluding hydrogens is 238 g/mol. The van der Waals surface area contributed by atoms with Crippen LogP contribution in [-0.2, 0) is 10.5 Å². The van der Waals surface area contributed by atoms with Gasteiger partial charge in [0.25, 0.3) is 0 Å². The maximum atomic E-state index is 11.5. The van der Waals surface area contributed by atoms with E-state index < -0.39 is 0 Å². The summed E-state index contributed by atoms with van der Waals surface area (Å²) in [7, 11) is 0. The summed E-state index contributed by atoms with van der Waals surface area (Å²) in [6, 6.07) is 0.685. The van der Waals surface area contributed by atoms with Gasteiger partial charge in [0.15, 0.2) is 5.82 Å². The summed E-state index contributed by atoms with van der Waals surface area (Å²) in [5, 5.41) is 14.5. The van der Waals surface area contributed by atoms with Crippen LogP contribution in [0.5, 0.6) is 0 Å². The normalized spacial score (nSPS) is 15.2. The number of nitrogens with one attached hydrogen (secondary N) is 1. The minimum Gasteiger partial charge on any atom is -0.353 e. The van der Waals surface area contributed by atoms with Gasteiger partial charge in [-0.15, -0.1) is 16.9 Å². The van der Waals surface area contributed by atoms with E-state index in [1.54, 1.807) is 16.4 Å². The van der Waals surface area contributed by atoms with Crippen molar-refractivity contribution in [2.24, 2.45) is 0 Å². The molecule has 1 N–H and O–H groups in total. The summed E-state index contributed by atoms with van der Waals surface area (Å²) in [6.45, 7) is 4.06. The number of amides is 1. The average Bonchev–Trinajstić information content (AvgIpc) is 2.94. The van der Waals surface area contributed by atoms with Crippen LogP contribution in [0.1, 0.15) is 38.6 Å². The Morgan fingerprint density at radius 2 is 2.35 bits per heavy atom. The van der Waals surface area contributed by atoms with Crippen molar-refractivity contribution in [2.45, 2.75) is 44.5 Å². The Morgan fingerprint density at radius 3 is 3.00 bits per heavy atom. The lowest BCUT2D eigenvalue weighted by atomic mass is 10.4. The number of nitrogens with zero attached hydrogens (tertiary/aromatic N) is 4. The highest BCUT2D eigenvalue weighted by atomic mass is 32.2. The Balaban J connectivity index is 1.73. The quantitative estimate of drug-likeness (QED) is 0.812. The maximum absolute atomic E-state index is 11.5. The number of carbonyl (C=O) groups excluding carboxylic acids is 1. The number of rotatable bonds is 6. The van der Waals surface area contributed by atoms with Crippen LogP contribution in [0.15, 0.2) is 0 Å². The molecule has 0 radical (unpaired) electrons. The van der Waals surface area contributed by atoms with Crippen LogP contribution >= 0.6 is 11.8 Å². The molecule has 6 nitrogen and oxygen atoms in total. The number of hydrogen-bond acceptors (Lipinski definition) is 5. The minimum absolute atomic E-state index is 0.112. The van der Waals surface area contributed by atoms with Crippen LogP contribution in [0, 0.1) is 0 Å². The lowest BCUT2D eigenvalue weighted by Gasteiger charge is -2.07. The average molecular weight is 255 g/mol. The molecule has 94 valence electrons. The molecule has 1 fully saturated rings. The Hall–Kier alpha value is -1.11. The Labute approximate surface area is 105 Å². The Morgan fingerprint density at radius 1 is 1.59 bits per heavy atom. The van der Waals surface area contributed by atoms with Gasteiger partial charge in [-0.2, -0.15) is 0 Å². The number of carbonyl (C=O) groups is 1. The van der Waals surface area contributed by atoms with Crippen molar-refractivity contribution >= 4 is 17.7 Å². The van der Waals surface area contributed by atoms with Gasteiger partial charge in [-0.3, -0.25) is 4.79 Å². The van der Waals surface area contributed by atoms with E-state index in [0.717, 1.165) is 18.7 Å². The fourth-order valence-corrected chi connectivity index (χ4v) is 2.18. The highest BCUT2D eigenvalue weighted by Crippen LogP contribution is 2.19. The van der Waals surface area contributed by atoms with E-state index in [2.05, 4.69) is 20.8 Å². The van der Waals surface area contributed by atoms with Gasteiger partial charge in [0.1, 0.15) is 0 Å². The van der Waals surface area contributed by atoms with Gasteiger partial charge in [0.2, 0.25) is 5.91 Å². The smallest absolute Gasteiger partial charge is 0.230 e. The fraction of sp³-hybridized carbons (Fsp3) is 0.800. The van der Waals surface area contributed by atoms with Crippen LogP contribution in [0.4, 0.5) is 0 Å². The zero-order valence-electron chi connectivity index (χ0n) is 10.1. The summed E-state index contributed by atoms with van der Waals surface area (Å²) < 4.78 is 1.78. The number of tetrazole rings is 1. The van der Waals surface area contributed by atoms with E-state index in [0.29, 0.717) is 17.5 Å². The molecule has 7 heteroatoms. The van der Waals surface area contributed by atoms with Gasteiger partial charge in [0, 0.05) is 6.04 Å². The molecule has 1 aromatic rings.